The van der Waals surface area contributed by atoms with Gasteiger partial charge >= 0.3 is 5.97 Å². The number of likely N-dealkylation sites (tertiary alicyclic amines) is 1. The molecule has 0 bridgehead atoms. The van der Waals surface area contributed by atoms with Gasteiger partial charge in [-0.3, -0.25) is 19.2 Å². The zero-order valence-electron chi connectivity index (χ0n) is 19.3. The molecule has 0 radical (unpaired) electrons. The molecule has 1 fully saturated rings. The number of fused-ring (bicyclic) bond motifs is 1. The molecule has 1 aliphatic rings. The number of aromatic amines is 1. The first-order chi connectivity index (χ1) is 16.6. The summed E-state index contributed by atoms with van der Waals surface area (Å²) >= 11 is 0. The fourth-order valence-corrected chi connectivity index (χ4v) is 4.23. The Kier molecular flexibility index (Phi) is 8.07. The number of nitrogens with zero attached hydrogens (tertiary/aromatic N) is 1. The van der Waals surface area contributed by atoms with Gasteiger partial charge in [0, 0.05) is 23.6 Å². The van der Waals surface area contributed by atoms with Gasteiger partial charge in [0.25, 0.3) is 0 Å². The second kappa shape index (κ2) is 11.0. The average molecular weight is 487 g/mol. The number of hydrogen-bond acceptors (Lipinski definition) is 6. The molecule has 0 saturated carbocycles. The number of aromatic nitrogens is 1. The van der Waals surface area contributed by atoms with Crippen molar-refractivity contribution in [3.05, 3.63) is 36.0 Å². The number of nitrogens with one attached hydrogen (secondary N) is 3. The topological polar surface area (TPSA) is 201 Å². The van der Waals surface area contributed by atoms with Crippen molar-refractivity contribution in [3.63, 3.8) is 0 Å². The summed E-state index contributed by atoms with van der Waals surface area (Å²) in [7, 11) is 0. The second-order valence-electron chi connectivity index (χ2n) is 8.66. The highest BCUT2D eigenvalue weighted by Crippen LogP contribution is 2.19. The molecule has 12 heteroatoms. The van der Waals surface area contributed by atoms with E-state index < -0.39 is 60.2 Å². The van der Waals surface area contributed by atoms with E-state index in [0.29, 0.717) is 12.8 Å². The van der Waals surface area contributed by atoms with Crippen molar-refractivity contribution in [3.8, 4) is 0 Å². The van der Waals surface area contributed by atoms with E-state index in [9.17, 15) is 29.1 Å². The predicted molar refractivity (Wildman–Crippen MR) is 126 cm³/mol. The Balaban J connectivity index is 1.63. The number of H-pyrrole nitrogens is 1. The zero-order chi connectivity index (χ0) is 25.7. The third-order valence-electron chi connectivity index (χ3n) is 6.04. The van der Waals surface area contributed by atoms with Crippen molar-refractivity contribution in [2.75, 3.05) is 6.54 Å². The van der Waals surface area contributed by atoms with Crippen LogP contribution in [0.1, 0.15) is 31.7 Å². The number of primary amides is 1. The van der Waals surface area contributed by atoms with Crippen LogP contribution in [0.4, 0.5) is 0 Å². The third-order valence-corrected chi connectivity index (χ3v) is 6.04. The Morgan fingerprint density at radius 3 is 2.57 bits per heavy atom. The van der Waals surface area contributed by atoms with Crippen molar-refractivity contribution in [1.82, 2.24) is 20.5 Å². The van der Waals surface area contributed by atoms with E-state index in [1.807, 2.05) is 24.3 Å². The summed E-state index contributed by atoms with van der Waals surface area (Å²) in [6.07, 6.45) is 2.30. The molecule has 1 saturated heterocycles. The summed E-state index contributed by atoms with van der Waals surface area (Å²) in [5, 5.41) is 15.1. The van der Waals surface area contributed by atoms with Gasteiger partial charge in [0.15, 0.2) is 0 Å². The van der Waals surface area contributed by atoms with Crippen molar-refractivity contribution in [2.45, 2.75) is 56.8 Å². The molecule has 2 aromatic rings. The van der Waals surface area contributed by atoms with Gasteiger partial charge in [-0.1, -0.05) is 18.2 Å². The van der Waals surface area contributed by atoms with Crippen molar-refractivity contribution in [2.24, 2.45) is 11.5 Å². The maximum Gasteiger partial charge on any atom is 0.326 e. The number of rotatable bonds is 10. The molecule has 1 aromatic heterocycles. The summed E-state index contributed by atoms with van der Waals surface area (Å²) in [6, 6.07) is 3.13. The number of aliphatic carboxylic acids is 1. The number of hydrogen-bond donors (Lipinski definition) is 6. The van der Waals surface area contributed by atoms with Crippen LogP contribution in [0.3, 0.4) is 0 Å². The standard InChI is InChI=1S/C23H30N6O6/c1-12(22(33)29-8-4-7-18(29)23(34)35)27-21(32)17(10-19(25)30)28-20(31)15(24)9-13-11-26-16-6-3-2-5-14(13)16/h2-3,5-6,11-12,15,17-18,26H,4,7-10,24H2,1H3,(H2,25,30)(H,27,32)(H,28,31)(H,34,35). The van der Waals surface area contributed by atoms with Crippen LogP contribution < -0.4 is 22.1 Å². The number of para-hydroxylation sites is 1. The van der Waals surface area contributed by atoms with Crippen molar-refractivity contribution >= 4 is 40.5 Å². The Morgan fingerprint density at radius 2 is 1.89 bits per heavy atom. The number of carbonyl (C=O) groups is 5. The summed E-state index contributed by atoms with van der Waals surface area (Å²) in [5.41, 5.74) is 13.0. The fourth-order valence-electron chi connectivity index (χ4n) is 4.23. The van der Waals surface area contributed by atoms with Crippen LogP contribution >= 0.6 is 0 Å². The maximum absolute atomic E-state index is 12.8. The van der Waals surface area contributed by atoms with Crippen LogP contribution in [0.2, 0.25) is 0 Å². The number of carboxylic acids is 1. The lowest BCUT2D eigenvalue weighted by Crippen LogP contribution is -2.57. The molecule has 0 spiro atoms. The van der Waals surface area contributed by atoms with E-state index in [0.717, 1.165) is 16.5 Å². The summed E-state index contributed by atoms with van der Waals surface area (Å²) in [4.78, 5) is 65.4. The Bertz CT molecular complexity index is 1130. The molecule has 1 aliphatic heterocycles. The normalized spacial score (nSPS) is 18.0. The van der Waals surface area contributed by atoms with Gasteiger partial charge in [0.05, 0.1) is 12.5 Å². The van der Waals surface area contributed by atoms with Gasteiger partial charge in [-0.2, -0.15) is 0 Å². The molecule has 12 nitrogen and oxygen atoms in total. The molecular weight excluding hydrogens is 456 g/mol. The van der Waals surface area contributed by atoms with E-state index in [2.05, 4.69) is 15.6 Å². The largest absolute Gasteiger partial charge is 0.480 e. The van der Waals surface area contributed by atoms with Crippen LogP contribution in [-0.2, 0) is 30.4 Å². The zero-order valence-corrected chi connectivity index (χ0v) is 19.3. The molecular formula is C23H30N6O6. The smallest absolute Gasteiger partial charge is 0.326 e. The van der Waals surface area contributed by atoms with Crippen molar-refractivity contribution in [1.29, 1.82) is 0 Å². The molecule has 4 amide bonds. The molecule has 1 aromatic carbocycles. The summed E-state index contributed by atoms with van der Waals surface area (Å²) in [6.45, 7) is 1.67. The monoisotopic (exact) mass is 486 g/mol. The minimum Gasteiger partial charge on any atom is -0.480 e. The van der Waals surface area contributed by atoms with Gasteiger partial charge in [-0.15, -0.1) is 0 Å². The first-order valence-electron chi connectivity index (χ1n) is 11.3. The van der Waals surface area contributed by atoms with Gasteiger partial charge in [0.1, 0.15) is 18.1 Å². The van der Waals surface area contributed by atoms with E-state index in [4.69, 9.17) is 11.5 Å². The van der Waals surface area contributed by atoms with Gasteiger partial charge < -0.3 is 37.1 Å². The highest BCUT2D eigenvalue weighted by atomic mass is 16.4. The van der Waals surface area contributed by atoms with Crippen LogP contribution in [0.25, 0.3) is 10.9 Å². The minimum absolute atomic E-state index is 0.182. The average Bonchev–Trinajstić information content (AvgIpc) is 3.45. The molecule has 2 heterocycles. The highest BCUT2D eigenvalue weighted by Gasteiger charge is 2.37. The Hall–Kier alpha value is -3.93. The third kappa shape index (κ3) is 6.15. The lowest BCUT2D eigenvalue weighted by molar-refractivity contribution is -0.149. The lowest BCUT2D eigenvalue weighted by Gasteiger charge is -2.27. The van der Waals surface area contributed by atoms with E-state index in [-0.39, 0.29) is 13.0 Å². The molecule has 8 N–H and O–H groups in total. The van der Waals surface area contributed by atoms with Crippen LogP contribution in [0, 0.1) is 0 Å². The number of amides is 4. The van der Waals surface area contributed by atoms with Crippen molar-refractivity contribution < 1.29 is 29.1 Å². The number of nitrogens with two attached hydrogens (primary N) is 2. The minimum atomic E-state index is -1.35. The molecule has 3 rings (SSSR count). The predicted octanol–water partition coefficient (Wildman–Crippen LogP) is -1.02. The SMILES string of the molecule is CC(NC(=O)C(CC(N)=O)NC(=O)C(N)Cc1c[nH]c2ccccc12)C(=O)N1CCCC1C(=O)O. The van der Waals surface area contributed by atoms with E-state index >= 15 is 0 Å². The number of carbonyl (C=O) groups excluding carboxylic acids is 4. The summed E-state index contributed by atoms with van der Waals surface area (Å²) < 4.78 is 0. The van der Waals surface area contributed by atoms with Gasteiger partial charge in [0.2, 0.25) is 23.6 Å². The van der Waals surface area contributed by atoms with E-state index in [1.54, 1.807) is 6.20 Å². The molecule has 4 unspecified atom stereocenters. The summed E-state index contributed by atoms with van der Waals surface area (Å²) in [5.74, 6) is -3.98. The van der Waals surface area contributed by atoms with Crippen LogP contribution in [0.15, 0.2) is 30.5 Å². The second-order valence-corrected chi connectivity index (χ2v) is 8.66. The quantitative estimate of drug-likeness (QED) is 0.247. The highest BCUT2D eigenvalue weighted by molar-refractivity contribution is 5.96. The molecule has 188 valence electrons. The van der Waals surface area contributed by atoms with E-state index in [1.165, 1.54) is 11.8 Å². The fraction of sp³-hybridized carbons (Fsp3) is 0.435. The molecule has 4 atom stereocenters. The molecule has 0 aliphatic carbocycles. The van der Waals surface area contributed by atoms with Gasteiger partial charge in [-0.25, -0.2) is 4.79 Å². The number of carboxylic acid groups (broad SMARTS) is 1. The van der Waals surface area contributed by atoms with Gasteiger partial charge in [-0.05, 0) is 37.8 Å². The Morgan fingerprint density at radius 1 is 1.17 bits per heavy atom. The molecule has 35 heavy (non-hydrogen) atoms. The Labute approximate surface area is 201 Å². The number of benzene rings is 1. The lowest BCUT2D eigenvalue weighted by atomic mass is 10.0. The van der Waals surface area contributed by atoms with Crippen LogP contribution in [-0.4, -0.2) is 75.3 Å². The van der Waals surface area contributed by atoms with Crippen LogP contribution in [0.5, 0.6) is 0 Å². The first kappa shape index (κ1) is 25.7. The first-order valence-corrected chi connectivity index (χ1v) is 11.3. The maximum atomic E-state index is 12.8.